The van der Waals surface area contributed by atoms with Gasteiger partial charge in [-0.15, -0.1) is 0 Å². The fourth-order valence-electron chi connectivity index (χ4n) is 2.59. The molecule has 0 nitrogen and oxygen atoms in total. The van der Waals surface area contributed by atoms with E-state index in [0.29, 0.717) is 0 Å². The third-order valence-electron chi connectivity index (χ3n) is 3.70. The molecule has 101 valence electrons. The van der Waals surface area contributed by atoms with Gasteiger partial charge in [-0.05, 0) is 0 Å². The summed E-state index contributed by atoms with van der Waals surface area (Å²) in [4.78, 5) is 0. The molecule has 0 heterocycles. The molecule has 0 N–H and O–H groups in total. The van der Waals surface area contributed by atoms with Crippen LogP contribution in [0.25, 0.3) is 0 Å². The van der Waals surface area contributed by atoms with E-state index in [-0.39, 0.29) is 24.4 Å². The molecule has 1 aliphatic carbocycles. The average Bonchev–Trinajstić information content (AvgIpc) is 2.34. The first-order valence-corrected chi connectivity index (χ1v) is 13.8. The molecule has 0 unspecified atom stereocenters. The van der Waals surface area contributed by atoms with Crippen molar-refractivity contribution in [3.05, 3.63) is 0 Å². The summed E-state index contributed by atoms with van der Waals surface area (Å²) >= 11 is -1.30. The zero-order valence-corrected chi connectivity index (χ0v) is 17.2. The monoisotopic (exact) mass is 473 g/mol. The molecule has 1 aliphatic rings. The topological polar surface area (TPSA) is 0 Å². The molecule has 0 bridgehead atoms. The maximum absolute atomic E-state index is 6.68. The number of hydrogen-bond acceptors (Lipinski definition) is 0. The van der Waals surface area contributed by atoms with Gasteiger partial charge in [-0.3, -0.25) is 0 Å². The van der Waals surface area contributed by atoms with Gasteiger partial charge in [0, 0.05) is 24.4 Å². The molecule has 0 aliphatic heterocycles. The molecular formula is C14H28ClSb2. The Morgan fingerprint density at radius 3 is 2.18 bits per heavy atom. The van der Waals surface area contributed by atoms with Crippen LogP contribution in [-0.2, 0) is 0 Å². The fourth-order valence-corrected chi connectivity index (χ4v) is 9.88. The van der Waals surface area contributed by atoms with E-state index < -0.39 is 19.1 Å². The van der Waals surface area contributed by atoms with E-state index in [1.54, 1.807) is 0 Å². The molecule has 17 heavy (non-hydrogen) atoms. The summed E-state index contributed by atoms with van der Waals surface area (Å²) in [6, 6.07) is 0. The number of halogens is 1. The van der Waals surface area contributed by atoms with Crippen molar-refractivity contribution in [2.75, 3.05) is 0 Å². The minimum Gasteiger partial charge on any atom is 0 e. The van der Waals surface area contributed by atoms with Crippen molar-refractivity contribution in [2.24, 2.45) is 0 Å². The second-order valence-electron chi connectivity index (χ2n) is 5.18. The van der Waals surface area contributed by atoms with Gasteiger partial charge in [-0.25, -0.2) is 0 Å². The molecular weight excluding hydrogens is 447 g/mol. The molecule has 0 spiro atoms. The van der Waals surface area contributed by atoms with Crippen LogP contribution in [0.5, 0.6) is 0 Å². The molecule has 0 saturated heterocycles. The first kappa shape index (κ1) is 18.9. The van der Waals surface area contributed by atoms with Crippen LogP contribution in [0.1, 0.15) is 77.6 Å². The van der Waals surface area contributed by atoms with Crippen molar-refractivity contribution in [1.82, 2.24) is 0 Å². The van der Waals surface area contributed by atoms with Crippen LogP contribution in [0, 0.1) is 0 Å². The predicted molar refractivity (Wildman–Crippen MR) is 82.4 cm³/mol. The second-order valence-corrected chi connectivity index (χ2v) is 13.7. The van der Waals surface area contributed by atoms with Crippen LogP contribution < -0.4 is 0 Å². The van der Waals surface area contributed by atoms with Crippen LogP contribution in [0.15, 0.2) is 0 Å². The van der Waals surface area contributed by atoms with Gasteiger partial charge >= 0.3 is 114 Å². The zero-order chi connectivity index (χ0) is 11.6. The standard InChI is InChI=1S/C8H17.C6H11.ClH.2Sb/c1-3-5-7-8-6-4-2;1-2-4-6-5-3-1;;;/h1,3-8H2,2H3;1H,2-6H2;1H;;/q;;;;+1/p-1. The van der Waals surface area contributed by atoms with Gasteiger partial charge in [-0.1, -0.05) is 0 Å². The van der Waals surface area contributed by atoms with Crippen molar-refractivity contribution in [3.8, 4) is 0 Å². The molecule has 0 amide bonds. The predicted octanol–water partition coefficient (Wildman–Crippen LogP) is 5.53. The zero-order valence-electron chi connectivity index (χ0n) is 11.3. The van der Waals surface area contributed by atoms with Gasteiger partial charge < -0.3 is 0 Å². The number of hydrogen-bond donors (Lipinski definition) is 0. The summed E-state index contributed by atoms with van der Waals surface area (Å²) in [7, 11) is 6.68. The maximum Gasteiger partial charge on any atom is 0 e. The van der Waals surface area contributed by atoms with E-state index in [1.165, 1.54) is 75.0 Å². The van der Waals surface area contributed by atoms with Gasteiger partial charge in [0.1, 0.15) is 0 Å². The van der Waals surface area contributed by atoms with Crippen LogP contribution >= 0.6 is 8.83 Å². The molecule has 0 aromatic rings. The largest absolute Gasteiger partial charge is 0 e. The van der Waals surface area contributed by atoms with Crippen molar-refractivity contribution in [2.45, 2.75) is 85.8 Å². The van der Waals surface area contributed by atoms with Crippen LogP contribution in [0.2, 0.25) is 8.23 Å². The van der Waals surface area contributed by atoms with E-state index in [2.05, 4.69) is 6.92 Å². The molecule has 1 rings (SSSR count). The normalized spacial score (nSPS) is 17.1. The third kappa shape index (κ3) is 9.46. The van der Waals surface area contributed by atoms with Gasteiger partial charge in [0.05, 0.1) is 0 Å². The molecule has 0 atom stereocenters. The Bertz CT molecular complexity index is 158. The Balaban J connectivity index is 0.00000256. The quantitative estimate of drug-likeness (QED) is 0.320. The van der Waals surface area contributed by atoms with Crippen LogP contribution in [0.3, 0.4) is 0 Å². The molecule has 0 aromatic carbocycles. The van der Waals surface area contributed by atoms with E-state index >= 15 is 0 Å². The van der Waals surface area contributed by atoms with Gasteiger partial charge in [-0.2, -0.15) is 0 Å². The summed E-state index contributed by atoms with van der Waals surface area (Å²) in [5.41, 5.74) is 0. The first-order valence-electron chi connectivity index (χ1n) is 7.27. The first-order chi connectivity index (χ1) is 7.84. The number of unbranched alkanes of at least 4 members (excludes halogenated alkanes) is 5. The smallest absolute Gasteiger partial charge is 0 e. The fraction of sp³-hybridized carbons (Fsp3) is 1.00. The Labute approximate surface area is 137 Å². The summed E-state index contributed by atoms with van der Waals surface area (Å²) in [5, 5.41) is 0. The summed E-state index contributed by atoms with van der Waals surface area (Å²) in [6.45, 7) is 2.28. The van der Waals surface area contributed by atoms with Gasteiger partial charge in [0.25, 0.3) is 0 Å². The molecule has 3 radical (unpaired) electrons. The average molecular weight is 475 g/mol. The van der Waals surface area contributed by atoms with Crippen molar-refractivity contribution >= 4 is 52.3 Å². The van der Waals surface area contributed by atoms with Crippen molar-refractivity contribution in [3.63, 3.8) is 0 Å². The SMILES string of the molecule is CCCCCCC[CH2][Sb]([Cl])[CH]1CCCCC1.[Sb]. The molecule has 1 fully saturated rings. The van der Waals surface area contributed by atoms with Gasteiger partial charge in [0.2, 0.25) is 0 Å². The molecule has 0 aromatic heterocycles. The van der Waals surface area contributed by atoms with E-state index in [4.69, 9.17) is 8.83 Å². The van der Waals surface area contributed by atoms with Crippen LogP contribution in [-0.4, -0.2) is 43.5 Å². The molecule has 1 saturated carbocycles. The summed E-state index contributed by atoms with van der Waals surface area (Å²) < 4.78 is 2.47. The van der Waals surface area contributed by atoms with E-state index in [9.17, 15) is 0 Å². The van der Waals surface area contributed by atoms with E-state index in [0.717, 1.165) is 3.86 Å². The summed E-state index contributed by atoms with van der Waals surface area (Å²) in [5.74, 6) is 0. The molecule has 3 heteroatoms. The summed E-state index contributed by atoms with van der Waals surface area (Å²) in [6.07, 6.45) is 15.9. The van der Waals surface area contributed by atoms with Crippen molar-refractivity contribution < 1.29 is 0 Å². The Morgan fingerprint density at radius 1 is 0.941 bits per heavy atom. The van der Waals surface area contributed by atoms with Crippen LogP contribution in [0.4, 0.5) is 0 Å². The maximum atomic E-state index is 6.68. The van der Waals surface area contributed by atoms with E-state index in [1.807, 2.05) is 0 Å². The van der Waals surface area contributed by atoms with Gasteiger partial charge in [0.15, 0.2) is 0 Å². The Kier molecular flexibility index (Phi) is 14.4. The Morgan fingerprint density at radius 2 is 1.53 bits per heavy atom. The number of rotatable bonds is 8. The third-order valence-corrected chi connectivity index (χ3v) is 12.5. The minimum absolute atomic E-state index is 0. The minimum atomic E-state index is -1.30. The second kappa shape index (κ2) is 12.9. The van der Waals surface area contributed by atoms with Crippen molar-refractivity contribution in [1.29, 1.82) is 0 Å². The Hall–Kier alpha value is 1.93.